The van der Waals surface area contributed by atoms with Crippen molar-refractivity contribution in [2.45, 2.75) is 63.1 Å². The summed E-state index contributed by atoms with van der Waals surface area (Å²) in [6, 6.07) is 1.29. The monoisotopic (exact) mass is 291 g/mol. The van der Waals surface area contributed by atoms with Crippen LogP contribution in [0.25, 0.3) is 0 Å². The fraction of sp³-hybridized carbons (Fsp3) is 0.875. The number of hydrogen-bond acceptors (Lipinski definition) is 3. The van der Waals surface area contributed by atoms with Crippen molar-refractivity contribution < 1.29 is 9.59 Å². The van der Waals surface area contributed by atoms with Gasteiger partial charge < -0.3 is 15.5 Å². The quantitative estimate of drug-likeness (QED) is 0.802. The minimum atomic E-state index is 0.210. The van der Waals surface area contributed by atoms with Crippen molar-refractivity contribution >= 4 is 11.8 Å². The zero-order valence-corrected chi connectivity index (χ0v) is 12.5. The minimum absolute atomic E-state index is 0.210. The Hall–Kier alpha value is -1.10. The summed E-state index contributed by atoms with van der Waals surface area (Å²) in [6.07, 6.45) is 7.37. The molecule has 0 radical (unpaired) electrons. The molecule has 4 fully saturated rings. The number of fused-ring (bicyclic) bond motifs is 2. The van der Waals surface area contributed by atoms with Gasteiger partial charge in [-0.2, -0.15) is 0 Å². The van der Waals surface area contributed by atoms with Crippen LogP contribution in [0.2, 0.25) is 0 Å². The van der Waals surface area contributed by atoms with Gasteiger partial charge in [-0.05, 0) is 44.9 Å². The van der Waals surface area contributed by atoms with Crippen molar-refractivity contribution in [2.24, 2.45) is 11.8 Å². The van der Waals surface area contributed by atoms with Gasteiger partial charge in [0.05, 0.1) is 5.92 Å². The molecule has 4 aliphatic rings. The van der Waals surface area contributed by atoms with Crippen LogP contribution in [0.1, 0.15) is 44.9 Å². The third-order valence-electron chi connectivity index (χ3n) is 5.72. The zero-order chi connectivity index (χ0) is 14.4. The predicted molar refractivity (Wildman–Crippen MR) is 78.5 cm³/mol. The molecule has 4 rings (SSSR count). The smallest absolute Gasteiger partial charge is 0.227 e. The van der Waals surface area contributed by atoms with E-state index in [0.29, 0.717) is 18.0 Å². The Morgan fingerprint density at radius 1 is 1.00 bits per heavy atom. The Bertz CT molecular complexity index is 441. The lowest BCUT2D eigenvalue weighted by Gasteiger charge is -2.35. The highest BCUT2D eigenvalue weighted by molar-refractivity contribution is 5.81. The lowest BCUT2D eigenvalue weighted by atomic mass is 9.87. The fourth-order valence-electron chi connectivity index (χ4n) is 4.24. The molecule has 3 aliphatic heterocycles. The van der Waals surface area contributed by atoms with Crippen LogP contribution in [0, 0.1) is 11.8 Å². The van der Waals surface area contributed by atoms with Crippen LogP contribution in [0.4, 0.5) is 0 Å². The molecule has 3 saturated heterocycles. The number of nitrogens with one attached hydrogen (secondary N) is 2. The summed E-state index contributed by atoms with van der Waals surface area (Å²) in [5, 5.41) is 6.70. The molecule has 21 heavy (non-hydrogen) atoms. The molecule has 3 atom stereocenters. The first-order valence-electron chi connectivity index (χ1n) is 8.56. The molecule has 5 heteroatoms. The van der Waals surface area contributed by atoms with Gasteiger partial charge in [0.25, 0.3) is 0 Å². The Balaban J connectivity index is 1.26. The molecule has 2 amide bonds. The maximum absolute atomic E-state index is 12.6. The Labute approximate surface area is 125 Å². The maximum atomic E-state index is 12.6. The summed E-state index contributed by atoms with van der Waals surface area (Å²) in [7, 11) is 0. The molecule has 2 bridgehead atoms. The van der Waals surface area contributed by atoms with Crippen molar-refractivity contribution in [2.75, 3.05) is 13.1 Å². The Kier molecular flexibility index (Phi) is 3.40. The van der Waals surface area contributed by atoms with E-state index in [1.807, 2.05) is 4.90 Å². The number of rotatable bonds is 3. The zero-order valence-electron chi connectivity index (χ0n) is 12.5. The molecule has 3 unspecified atom stereocenters. The van der Waals surface area contributed by atoms with E-state index in [0.717, 1.165) is 51.6 Å². The van der Waals surface area contributed by atoms with E-state index in [9.17, 15) is 9.59 Å². The van der Waals surface area contributed by atoms with E-state index in [4.69, 9.17) is 0 Å². The molecule has 1 saturated carbocycles. The predicted octanol–water partition coefficient (Wildman–Crippen LogP) is 0.644. The van der Waals surface area contributed by atoms with Crippen LogP contribution in [-0.4, -0.2) is 47.9 Å². The highest BCUT2D eigenvalue weighted by Crippen LogP contribution is 2.35. The van der Waals surface area contributed by atoms with Crippen LogP contribution < -0.4 is 10.6 Å². The number of carbonyl (C=O) groups is 2. The Morgan fingerprint density at radius 2 is 1.76 bits per heavy atom. The average Bonchev–Trinajstić information content (AvgIpc) is 3.15. The van der Waals surface area contributed by atoms with E-state index in [-0.39, 0.29) is 23.8 Å². The van der Waals surface area contributed by atoms with Gasteiger partial charge in [-0.3, -0.25) is 9.59 Å². The van der Waals surface area contributed by atoms with Gasteiger partial charge in [-0.15, -0.1) is 0 Å². The van der Waals surface area contributed by atoms with Gasteiger partial charge in [0.2, 0.25) is 11.8 Å². The first kappa shape index (κ1) is 13.6. The first-order chi connectivity index (χ1) is 10.2. The van der Waals surface area contributed by atoms with Crippen LogP contribution in [0.3, 0.4) is 0 Å². The fourth-order valence-corrected chi connectivity index (χ4v) is 4.24. The maximum Gasteiger partial charge on any atom is 0.227 e. The summed E-state index contributed by atoms with van der Waals surface area (Å²) in [5.41, 5.74) is 0. The van der Waals surface area contributed by atoms with Crippen molar-refractivity contribution in [1.82, 2.24) is 15.5 Å². The van der Waals surface area contributed by atoms with Crippen molar-refractivity contribution in [1.29, 1.82) is 0 Å². The molecule has 0 aromatic carbocycles. The third-order valence-corrected chi connectivity index (χ3v) is 5.72. The van der Waals surface area contributed by atoms with Gasteiger partial charge in [0.1, 0.15) is 0 Å². The standard InChI is InChI=1S/C16H25N3O2/c20-15(10-1-2-10)18-11-5-7-19(8-6-11)16(21)13-9-12-3-4-14(13)17-12/h10-14,17H,1-9H2,(H,18,20). The van der Waals surface area contributed by atoms with Crippen LogP contribution >= 0.6 is 0 Å². The highest BCUT2D eigenvalue weighted by Gasteiger charge is 2.44. The molecule has 0 spiro atoms. The lowest BCUT2D eigenvalue weighted by molar-refractivity contribution is -0.137. The van der Waals surface area contributed by atoms with E-state index in [1.165, 1.54) is 6.42 Å². The topological polar surface area (TPSA) is 61.4 Å². The SMILES string of the molecule is O=C(NC1CCN(C(=O)C2CC3CCC2N3)CC1)C1CC1. The van der Waals surface area contributed by atoms with Crippen LogP contribution in [-0.2, 0) is 9.59 Å². The molecular weight excluding hydrogens is 266 g/mol. The highest BCUT2D eigenvalue weighted by atomic mass is 16.2. The van der Waals surface area contributed by atoms with E-state index in [2.05, 4.69) is 10.6 Å². The normalized spacial score (nSPS) is 36.0. The second-order valence-corrected chi connectivity index (χ2v) is 7.27. The second kappa shape index (κ2) is 5.27. The molecule has 0 aromatic rings. The summed E-state index contributed by atoms with van der Waals surface area (Å²) in [4.78, 5) is 26.5. The average molecular weight is 291 g/mol. The lowest BCUT2D eigenvalue weighted by Crippen LogP contribution is -2.49. The van der Waals surface area contributed by atoms with E-state index in [1.54, 1.807) is 0 Å². The number of hydrogen-bond donors (Lipinski definition) is 2. The largest absolute Gasteiger partial charge is 0.353 e. The van der Waals surface area contributed by atoms with E-state index >= 15 is 0 Å². The van der Waals surface area contributed by atoms with Crippen LogP contribution in [0.5, 0.6) is 0 Å². The summed E-state index contributed by atoms with van der Waals surface area (Å²) >= 11 is 0. The molecule has 2 N–H and O–H groups in total. The Morgan fingerprint density at radius 3 is 2.33 bits per heavy atom. The number of carbonyl (C=O) groups excluding carboxylic acids is 2. The van der Waals surface area contributed by atoms with Gasteiger partial charge in [-0.25, -0.2) is 0 Å². The molecule has 116 valence electrons. The first-order valence-corrected chi connectivity index (χ1v) is 8.56. The number of nitrogens with zero attached hydrogens (tertiary/aromatic N) is 1. The number of piperidine rings is 1. The second-order valence-electron chi connectivity index (χ2n) is 7.27. The third kappa shape index (κ3) is 2.68. The molecule has 1 aliphatic carbocycles. The number of amides is 2. The van der Waals surface area contributed by atoms with Crippen molar-refractivity contribution in [3.05, 3.63) is 0 Å². The van der Waals surface area contributed by atoms with Crippen molar-refractivity contribution in [3.63, 3.8) is 0 Å². The van der Waals surface area contributed by atoms with Gasteiger partial charge in [0, 0.05) is 37.1 Å². The summed E-state index contributed by atoms with van der Waals surface area (Å²) in [6.45, 7) is 1.62. The van der Waals surface area contributed by atoms with E-state index < -0.39 is 0 Å². The molecule has 5 nitrogen and oxygen atoms in total. The summed E-state index contributed by atoms with van der Waals surface area (Å²) < 4.78 is 0. The molecular formula is C16H25N3O2. The minimum Gasteiger partial charge on any atom is -0.353 e. The number of likely N-dealkylation sites (tertiary alicyclic amines) is 1. The molecule has 3 heterocycles. The van der Waals surface area contributed by atoms with Gasteiger partial charge in [-0.1, -0.05) is 0 Å². The van der Waals surface area contributed by atoms with Gasteiger partial charge in [0.15, 0.2) is 0 Å². The van der Waals surface area contributed by atoms with Crippen LogP contribution in [0.15, 0.2) is 0 Å². The summed E-state index contributed by atoms with van der Waals surface area (Å²) in [5.74, 6) is 1.07. The van der Waals surface area contributed by atoms with Gasteiger partial charge >= 0.3 is 0 Å². The van der Waals surface area contributed by atoms with Crippen molar-refractivity contribution in [3.8, 4) is 0 Å². The molecule has 0 aromatic heterocycles.